The molecule has 2 fully saturated rings. The van der Waals surface area contributed by atoms with Crippen LogP contribution in [0.15, 0.2) is 0 Å². The Balaban J connectivity index is 1.95. The molecule has 0 aromatic heterocycles. The van der Waals surface area contributed by atoms with Crippen molar-refractivity contribution in [2.24, 2.45) is 0 Å². The van der Waals surface area contributed by atoms with Crippen molar-refractivity contribution >= 4 is 19.9 Å². The van der Waals surface area contributed by atoms with Gasteiger partial charge < -0.3 is 5.32 Å². The Morgan fingerprint density at radius 3 is 2.15 bits per heavy atom. The van der Waals surface area contributed by atoms with Crippen LogP contribution in [0.4, 0.5) is 0 Å². The molecule has 20 heavy (non-hydrogen) atoms. The summed E-state index contributed by atoms with van der Waals surface area (Å²) in [6.07, 6.45) is 2.16. The summed E-state index contributed by atoms with van der Waals surface area (Å²) in [5.74, 6) is 0.00943. The second-order valence-corrected chi connectivity index (χ2v) is 10.1. The van der Waals surface area contributed by atoms with Crippen molar-refractivity contribution in [1.82, 2.24) is 9.62 Å². The van der Waals surface area contributed by atoms with E-state index in [1.165, 1.54) is 0 Å². The third kappa shape index (κ3) is 3.72. The van der Waals surface area contributed by atoms with Gasteiger partial charge in [0.2, 0.25) is 10.0 Å². The minimum absolute atomic E-state index is 0.00471. The standard InChI is InChI=1S/C12H24N2O4S2/c1-2-13-11-3-7-14(8-4-11)20(17,18)12-5-9-19(15,16)10-6-12/h11-13H,2-10H2,1H3. The minimum Gasteiger partial charge on any atom is -0.314 e. The quantitative estimate of drug-likeness (QED) is 0.785. The van der Waals surface area contributed by atoms with E-state index in [0.29, 0.717) is 19.1 Å². The summed E-state index contributed by atoms with van der Waals surface area (Å²) in [5, 5.41) is 2.83. The summed E-state index contributed by atoms with van der Waals surface area (Å²) in [5.41, 5.74) is 0. The molecule has 2 aliphatic rings. The maximum atomic E-state index is 12.5. The van der Waals surface area contributed by atoms with Gasteiger partial charge in [0, 0.05) is 19.1 Å². The lowest BCUT2D eigenvalue weighted by Crippen LogP contribution is -2.49. The van der Waals surface area contributed by atoms with E-state index in [0.717, 1.165) is 19.4 Å². The molecule has 118 valence electrons. The van der Waals surface area contributed by atoms with Crippen molar-refractivity contribution in [3.05, 3.63) is 0 Å². The first-order chi connectivity index (χ1) is 9.35. The van der Waals surface area contributed by atoms with Gasteiger partial charge in [0.15, 0.2) is 0 Å². The maximum absolute atomic E-state index is 12.5. The predicted octanol–water partition coefficient (Wildman–Crippen LogP) is -0.0327. The van der Waals surface area contributed by atoms with Gasteiger partial charge in [0.05, 0.1) is 16.8 Å². The molecular formula is C12H24N2O4S2. The molecule has 0 aromatic rings. The maximum Gasteiger partial charge on any atom is 0.217 e. The number of nitrogens with zero attached hydrogens (tertiary/aromatic N) is 1. The van der Waals surface area contributed by atoms with Crippen molar-refractivity contribution in [1.29, 1.82) is 0 Å². The van der Waals surface area contributed by atoms with Gasteiger partial charge in [0.25, 0.3) is 0 Å². The Labute approximate surface area is 121 Å². The molecule has 2 rings (SSSR count). The first-order valence-electron chi connectivity index (χ1n) is 7.28. The summed E-state index contributed by atoms with van der Waals surface area (Å²) in [6, 6.07) is 0.401. The fourth-order valence-corrected chi connectivity index (χ4v) is 6.74. The van der Waals surface area contributed by atoms with Gasteiger partial charge >= 0.3 is 0 Å². The fourth-order valence-electron chi connectivity index (χ4n) is 2.98. The van der Waals surface area contributed by atoms with Crippen molar-refractivity contribution in [2.75, 3.05) is 31.1 Å². The van der Waals surface area contributed by atoms with E-state index in [9.17, 15) is 16.8 Å². The van der Waals surface area contributed by atoms with Crippen LogP contribution in [0.3, 0.4) is 0 Å². The SMILES string of the molecule is CCNC1CCN(S(=O)(=O)C2CCS(=O)(=O)CC2)CC1. The monoisotopic (exact) mass is 324 g/mol. The molecule has 0 radical (unpaired) electrons. The molecule has 1 N–H and O–H groups in total. The fraction of sp³-hybridized carbons (Fsp3) is 1.00. The Hall–Kier alpha value is -0.180. The molecule has 0 amide bonds. The third-order valence-corrected chi connectivity index (χ3v) is 8.34. The summed E-state index contributed by atoms with van der Waals surface area (Å²) in [6.45, 7) is 4.04. The number of piperidine rings is 1. The van der Waals surface area contributed by atoms with Crippen LogP contribution in [0.1, 0.15) is 32.6 Å². The predicted molar refractivity (Wildman–Crippen MR) is 78.9 cm³/mol. The number of nitrogens with one attached hydrogen (secondary N) is 1. The first-order valence-corrected chi connectivity index (χ1v) is 10.6. The number of sulfone groups is 1. The molecule has 8 heteroatoms. The Kier molecular flexibility index (Phi) is 5.09. The average Bonchev–Trinajstić information content (AvgIpc) is 2.39. The highest BCUT2D eigenvalue weighted by molar-refractivity contribution is 7.92. The van der Waals surface area contributed by atoms with Crippen molar-refractivity contribution in [3.63, 3.8) is 0 Å². The van der Waals surface area contributed by atoms with Crippen LogP contribution in [0, 0.1) is 0 Å². The molecule has 0 aromatic carbocycles. The van der Waals surface area contributed by atoms with Crippen molar-refractivity contribution in [3.8, 4) is 0 Å². The zero-order chi connectivity index (χ0) is 14.8. The van der Waals surface area contributed by atoms with E-state index < -0.39 is 25.1 Å². The highest BCUT2D eigenvalue weighted by Gasteiger charge is 2.37. The molecule has 2 saturated heterocycles. The van der Waals surface area contributed by atoms with Gasteiger partial charge in [0.1, 0.15) is 9.84 Å². The normalized spacial score (nSPS) is 26.6. The Morgan fingerprint density at radius 2 is 1.65 bits per heavy atom. The first kappa shape index (κ1) is 16.2. The molecule has 0 unspecified atom stereocenters. The summed E-state index contributed by atoms with van der Waals surface area (Å²) < 4.78 is 49.4. The minimum atomic E-state index is -3.33. The van der Waals surface area contributed by atoms with Crippen LogP contribution < -0.4 is 5.32 Å². The van der Waals surface area contributed by atoms with Gasteiger partial charge in [-0.3, -0.25) is 0 Å². The molecule has 0 aliphatic carbocycles. The molecule has 6 nitrogen and oxygen atoms in total. The van der Waals surface area contributed by atoms with E-state index >= 15 is 0 Å². The highest BCUT2D eigenvalue weighted by atomic mass is 32.2. The molecular weight excluding hydrogens is 300 g/mol. The van der Waals surface area contributed by atoms with Crippen LogP contribution in [-0.2, 0) is 19.9 Å². The number of hydrogen-bond donors (Lipinski definition) is 1. The van der Waals surface area contributed by atoms with Crippen LogP contribution in [0.5, 0.6) is 0 Å². The molecule has 0 atom stereocenters. The van der Waals surface area contributed by atoms with E-state index in [1.54, 1.807) is 4.31 Å². The smallest absolute Gasteiger partial charge is 0.217 e. The number of rotatable bonds is 4. The largest absolute Gasteiger partial charge is 0.314 e. The van der Waals surface area contributed by atoms with E-state index in [2.05, 4.69) is 5.32 Å². The Morgan fingerprint density at radius 1 is 1.10 bits per heavy atom. The zero-order valence-electron chi connectivity index (χ0n) is 11.9. The third-order valence-electron chi connectivity index (χ3n) is 4.23. The van der Waals surface area contributed by atoms with Crippen LogP contribution in [0.2, 0.25) is 0 Å². The van der Waals surface area contributed by atoms with Crippen molar-refractivity contribution < 1.29 is 16.8 Å². The Bertz CT molecular complexity index is 508. The lowest BCUT2D eigenvalue weighted by Gasteiger charge is -2.35. The van der Waals surface area contributed by atoms with Gasteiger partial charge in [-0.15, -0.1) is 0 Å². The molecule has 0 spiro atoms. The van der Waals surface area contributed by atoms with Gasteiger partial charge in [-0.2, -0.15) is 0 Å². The summed E-state index contributed by atoms with van der Waals surface area (Å²) in [7, 11) is -6.35. The summed E-state index contributed by atoms with van der Waals surface area (Å²) >= 11 is 0. The molecule has 2 heterocycles. The summed E-state index contributed by atoms with van der Waals surface area (Å²) in [4.78, 5) is 0. The van der Waals surface area contributed by atoms with Crippen LogP contribution in [-0.4, -0.2) is 63.6 Å². The highest BCUT2D eigenvalue weighted by Crippen LogP contribution is 2.25. The van der Waals surface area contributed by atoms with E-state index in [4.69, 9.17) is 0 Å². The van der Waals surface area contributed by atoms with E-state index in [-0.39, 0.29) is 24.3 Å². The number of hydrogen-bond acceptors (Lipinski definition) is 5. The van der Waals surface area contributed by atoms with Crippen molar-refractivity contribution in [2.45, 2.75) is 43.9 Å². The molecule has 2 aliphatic heterocycles. The lowest BCUT2D eigenvalue weighted by molar-refractivity contribution is 0.289. The van der Waals surface area contributed by atoms with Crippen LogP contribution >= 0.6 is 0 Å². The average molecular weight is 324 g/mol. The molecule has 0 saturated carbocycles. The lowest BCUT2D eigenvalue weighted by atomic mass is 10.1. The second kappa shape index (κ2) is 6.29. The second-order valence-electron chi connectivity index (χ2n) is 5.63. The molecule has 0 bridgehead atoms. The zero-order valence-corrected chi connectivity index (χ0v) is 13.5. The topological polar surface area (TPSA) is 83.6 Å². The van der Waals surface area contributed by atoms with E-state index in [1.807, 2.05) is 6.92 Å². The van der Waals surface area contributed by atoms with Gasteiger partial charge in [-0.25, -0.2) is 21.1 Å². The van der Waals surface area contributed by atoms with Gasteiger partial charge in [-0.05, 0) is 32.2 Å². The van der Waals surface area contributed by atoms with Gasteiger partial charge in [-0.1, -0.05) is 6.92 Å². The van der Waals surface area contributed by atoms with Crippen LogP contribution in [0.25, 0.3) is 0 Å². The number of sulfonamides is 1.